The van der Waals surface area contributed by atoms with Crippen LogP contribution in [0.3, 0.4) is 0 Å². The van der Waals surface area contributed by atoms with Crippen LogP contribution in [0.5, 0.6) is 0 Å². The Labute approximate surface area is 159 Å². The highest BCUT2D eigenvalue weighted by molar-refractivity contribution is 7.89. The average molecular weight is 405 g/mol. The fourth-order valence-corrected chi connectivity index (χ4v) is 3.88. The van der Waals surface area contributed by atoms with Crippen molar-refractivity contribution in [3.8, 4) is 0 Å². The van der Waals surface area contributed by atoms with Crippen molar-refractivity contribution in [2.45, 2.75) is 45.1 Å². The third-order valence-electron chi connectivity index (χ3n) is 3.35. The minimum Gasteiger partial charge on any atom is -0.452 e. The van der Waals surface area contributed by atoms with Crippen molar-refractivity contribution in [1.29, 1.82) is 0 Å². The molecule has 0 aliphatic rings. The number of esters is 1. The second-order valence-corrected chi connectivity index (χ2v) is 8.95. The van der Waals surface area contributed by atoms with E-state index in [9.17, 15) is 18.0 Å². The van der Waals surface area contributed by atoms with E-state index in [1.807, 2.05) is 0 Å². The molecule has 1 rings (SSSR count). The fourth-order valence-electron chi connectivity index (χ4n) is 2.20. The van der Waals surface area contributed by atoms with Crippen molar-refractivity contribution >= 4 is 33.5 Å². The summed E-state index contributed by atoms with van der Waals surface area (Å²) < 4.78 is 31.4. The third kappa shape index (κ3) is 5.96. The number of carbonyl (C=O) groups excluding carboxylic acids is 2. The molecule has 0 unspecified atom stereocenters. The zero-order valence-electron chi connectivity index (χ0n) is 15.6. The minimum atomic E-state index is -3.74. The molecule has 0 atom stereocenters. The summed E-state index contributed by atoms with van der Waals surface area (Å²) in [5.74, 6) is -1.33. The Morgan fingerprint density at radius 2 is 1.77 bits per heavy atom. The van der Waals surface area contributed by atoms with E-state index in [0.717, 1.165) is 0 Å². The van der Waals surface area contributed by atoms with Gasteiger partial charge in [-0.2, -0.15) is 4.31 Å². The van der Waals surface area contributed by atoms with Gasteiger partial charge in [-0.15, -0.1) is 0 Å². The van der Waals surface area contributed by atoms with Crippen molar-refractivity contribution < 1.29 is 22.7 Å². The molecule has 0 spiro atoms. The normalized spacial score (nSPS) is 12.1. The van der Waals surface area contributed by atoms with E-state index in [1.54, 1.807) is 34.6 Å². The Balaban J connectivity index is 3.00. The van der Waals surface area contributed by atoms with Gasteiger partial charge < -0.3 is 10.1 Å². The number of carbonyl (C=O) groups is 2. The van der Waals surface area contributed by atoms with Gasteiger partial charge in [0.2, 0.25) is 10.0 Å². The van der Waals surface area contributed by atoms with Crippen molar-refractivity contribution in [2.75, 3.05) is 19.7 Å². The average Bonchev–Trinajstić information content (AvgIpc) is 2.52. The zero-order valence-corrected chi connectivity index (χ0v) is 17.2. The summed E-state index contributed by atoms with van der Waals surface area (Å²) in [6.45, 7) is 8.95. The Bertz CT molecular complexity index is 768. The van der Waals surface area contributed by atoms with Crippen LogP contribution in [-0.4, -0.2) is 49.8 Å². The van der Waals surface area contributed by atoms with Gasteiger partial charge in [0.25, 0.3) is 5.91 Å². The fraction of sp³-hybridized carbons (Fsp3) is 0.529. The maximum atomic E-state index is 12.6. The third-order valence-corrected chi connectivity index (χ3v) is 5.73. The quantitative estimate of drug-likeness (QED) is 0.704. The Morgan fingerprint density at radius 1 is 1.19 bits per heavy atom. The van der Waals surface area contributed by atoms with E-state index < -0.39 is 34.0 Å². The first-order valence-corrected chi connectivity index (χ1v) is 10.0. The molecule has 1 aromatic rings. The Kier molecular flexibility index (Phi) is 7.61. The van der Waals surface area contributed by atoms with Crippen LogP contribution >= 0.6 is 11.6 Å². The number of rotatable bonds is 7. The van der Waals surface area contributed by atoms with Crippen LogP contribution in [-0.2, 0) is 19.6 Å². The van der Waals surface area contributed by atoms with Crippen LogP contribution in [0, 0.1) is 0 Å². The van der Waals surface area contributed by atoms with E-state index >= 15 is 0 Å². The van der Waals surface area contributed by atoms with Gasteiger partial charge in [0.05, 0.1) is 15.5 Å². The standard InChI is InChI=1S/C17H25ClN2O5S/c1-6-20(7-2)26(23,24)12-8-9-14(18)13(10-12)16(22)25-11-15(21)19-17(3,4)5/h8-10H,6-7,11H2,1-5H3,(H,19,21). The topological polar surface area (TPSA) is 92.8 Å². The number of nitrogens with one attached hydrogen (secondary N) is 1. The first-order valence-electron chi connectivity index (χ1n) is 8.20. The molecule has 0 saturated heterocycles. The molecule has 0 aliphatic heterocycles. The van der Waals surface area contributed by atoms with Gasteiger partial charge in [0.15, 0.2) is 6.61 Å². The first kappa shape index (κ1) is 22.4. The minimum absolute atomic E-state index is 0.0460. The van der Waals surface area contributed by atoms with Crippen LogP contribution in [0.4, 0.5) is 0 Å². The van der Waals surface area contributed by atoms with Crippen molar-refractivity contribution in [2.24, 2.45) is 0 Å². The summed E-state index contributed by atoms with van der Waals surface area (Å²) in [5, 5.41) is 2.70. The maximum Gasteiger partial charge on any atom is 0.340 e. The number of benzene rings is 1. The van der Waals surface area contributed by atoms with Crippen LogP contribution in [0.2, 0.25) is 5.02 Å². The van der Waals surface area contributed by atoms with Crippen LogP contribution in [0.1, 0.15) is 45.0 Å². The number of ether oxygens (including phenoxy) is 1. The Morgan fingerprint density at radius 3 is 2.27 bits per heavy atom. The second-order valence-electron chi connectivity index (χ2n) is 6.61. The number of amides is 1. The highest BCUT2D eigenvalue weighted by atomic mass is 35.5. The summed E-state index contributed by atoms with van der Waals surface area (Å²) in [4.78, 5) is 23.9. The monoisotopic (exact) mass is 404 g/mol. The lowest BCUT2D eigenvalue weighted by atomic mass is 10.1. The number of hydrogen-bond donors (Lipinski definition) is 1. The zero-order chi connectivity index (χ0) is 20.1. The first-order chi connectivity index (χ1) is 11.9. The number of nitrogens with zero attached hydrogens (tertiary/aromatic N) is 1. The molecule has 7 nitrogen and oxygen atoms in total. The van der Waals surface area contributed by atoms with Crippen molar-refractivity contribution in [1.82, 2.24) is 9.62 Å². The van der Waals surface area contributed by atoms with Gasteiger partial charge in [-0.05, 0) is 39.0 Å². The van der Waals surface area contributed by atoms with E-state index in [1.165, 1.54) is 22.5 Å². The predicted molar refractivity (Wildman–Crippen MR) is 99.7 cm³/mol. The maximum absolute atomic E-state index is 12.6. The molecule has 0 bridgehead atoms. The molecule has 9 heteroatoms. The predicted octanol–water partition coefficient (Wildman–Crippen LogP) is 2.44. The Hall–Kier alpha value is -1.64. The molecule has 26 heavy (non-hydrogen) atoms. The molecule has 0 saturated carbocycles. The van der Waals surface area contributed by atoms with E-state index in [0.29, 0.717) is 13.1 Å². The largest absolute Gasteiger partial charge is 0.452 e. The van der Waals surface area contributed by atoms with Gasteiger partial charge in [-0.25, -0.2) is 13.2 Å². The van der Waals surface area contributed by atoms with Crippen molar-refractivity contribution in [3.63, 3.8) is 0 Å². The number of sulfonamides is 1. The molecule has 0 heterocycles. The van der Waals surface area contributed by atoms with Gasteiger partial charge >= 0.3 is 5.97 Å². The number of halogens is 1. The smallest absolute Gasteiger partial charge is 0.340 e. The molecule has 1 amide bonds. The molecule has 0 aromatic heterocycles. The summed E-state index contributed by atoms with van der Waals surface area (Å²) in [7, 11) is -3.74. The molecule has 0 aliphatic carbocycles. The highest BCUT2D eigenvalue weighted by Gasteiger charge is 2.24. The van der Waals surface area contributed by atoms with Crippen LogP contribution < -0.4 is 5.32 Å². The lowest BCUT2D eigenvalue weighted by molar-refractivity contribution is -0.125. The summed E-state index contributed by atoms with van der Waals surface area (Å²) in [5.41, 5.74) is -0.567. The van der Waals surface area contributed by atoms with E-state index in [4.69, 9.17) is 16.3 Å². The molecule has 1 aromatic carbocycles. The SMILES string of the molecule is CCN(CC)S(=O)(=O)c1ccc(Cl)c(C(=O)OCC(=O)NC(C)(C)C)c1. The molecule has 0 radical (unpaired) electrons. The molecular formula is C17H25ClN2O5S. The summed E-state index contributed by atoms with van der Waals surface area (Å²) in [6.07, 6.45) is 0. The summed E-state index contributed by atoms with van der Waals surface area (Å²) in [6, 6.07) is 3.82. The van der Waals surface area contributed by atoms with E-state index in [2.05, 4.69) is 5.32 Å². The molecular weight excluding hydrogens is 380 g/mol. The van der Waals surface area contributed by atoms with Crippen LogP contribution in [0.15, 0.2) is 23.1 Å². The van der Waals surface area contributed by atoms with Crippen LogP contribution in [0.25, 0.3) is 0 Å². The lowest BCUT2D eigenvalue weighted by Crippen LogP contribution is -2.42. The highest BCUT2D eigenvalue weighted by Crippen LogP contribution is 2.23. The van der Waals surface area contributed by atoms with Crippen molar-refractivity contribution in [3.05, 3.63) is 28.8 Å². The number of hydrogen-bond acceptors (Lipinski definition) is 5. The van der Waals surface area contributed by atoms with Gasteiger partial charge in [-0.3, -0.25) is 4.79 Å². The van der Waals surface area contributed by atoms with Gasteiger partial charge in [-0.1, -0.05) is 25.4 Å². The summed E-state index contributed by atoms with van der Waals surface area (Å²) >= 11 is 6.00. The molecule has 0 fully saturated rings. The second kappa shape index (κ2) is 8.83. The van der Waals surface area contributed by atoms with Gasteiger partial charge in [0.1, 0.15) is 0 Å². The lowest BCUT2D eigenvalue weighted by Gasteiger charge is -2.20. The molecule has 146 valence electrons. The molecule has 1 N–H and O–H groups in total. The van der Waals surface area contributed by atoms with E-state index in [-0.39, 0.29) is 15.5 Å². The van der Waals surface area contributed by atoms with Gasteiger partial charge in [0, 0.05) is 18.6 Å².